The number of aryl methyl sites for hydroxylation is 4. The van der Waals surface area contributed by atoms with E-state index in [1.165, 1.54) is 5.56 Å². The monoisotopic (exact) mass is 367 g/mol. The van der Waals surface area contributed by atoms with Crippen LogP contribution in [0, 0.1) is 34.6 Å². The number of anilines is 2. The van der Waals surface area contributed by atoms with Gasteiger partial charge in [-0.15, -0.1) is 0 Å². The van der Waals surface area contributed by atoms with Crippen molar-refractivity contribution in [2.45, 2.75) is 41.0 Å². The van der Waals surface area contributed by atoms with Gasteiger partial charge in [-0.3, -0.25) is 0 Å². The van der Waals surface area contributed by atoms with Gasteiger partial charge in [0.1, 0.15) is 11.6 Å². The molecule has 2 heterocycles. The lowest BCUT2D eigenvalue weighted by Gasteiger charge is -2.25. The van der Waals surface area contributed by atoms with Gasteiger partial charge in [0.15, 0.2) is 0 Å². The third kappa shape index (κ3) is 4.38. The highest BCUT2D eigenvalue weighted by Gasteiger charge is 2.22. The van der Waals surface area contributed by atoms with Gasteiger partial charge in [-0.2, -0.15) is 0 Å². The molecule has 3 rings (SSSR count). The number of benzene rings is 1. The molecule has 1 aromatic carbocycles. The zero-order valence-corrected chi connectivity index (χ0v) is 17.0. The van der Waals surface area contributed by atoms with E-state index in [-0.39, 0.29) is 6.03 Å². The number of nitrogens with zero attached hydrogens (tertiary/aromatic N) is 4. The Kier molecular flexibility index (Phi) is 5.63. The van der Waals surface area contributed by atoms with Crippen LogP contribution in [-0.4, -0.2) is 47.1 Å². The first-order valence-corrected chi connectivity index (χ1v) is 9.55. The fourth-order valence-corrected chi connectivity index (χ4v) is 3.54. The largest absolute Gasteiger partial charge is 0.354 e. The molecule has 1 saturated heterocycles. The Morgan fingerprint density at radius 3 is 2.52 bits per heavy atom. The number of hydrogen-bond acceptors (Lipinski definition) is 4. The number of nitrogens with one attached hydrogen (secondary N) is 1. The molecule has 27 heavy (non-hydrogen) atoms. The summed E-state index contributed by atoms with van der Waals surface area (Å²) in [5, 5.41) is 3.06. The smallest absolute Gasteiger partial charge is 0.321 e. The third-order valence-corrected chi connectivity index (χ3v) is 5.18. The minimum atomic E-state index is -0.0319. The van der Waals surface area contributed by atoms with E-state index in [0.29, 0.717) is 6.54 Å². The van der Waals surface area contributed by atoms with E-state index < -0.39 is 0 Å². The average molecular weight is 367 g/mol. The normalized spacial score (nSPS) is 14.9. The fraction of sp³-hybridized carbons (Fsp3) is 0.476. The molecule has 1 aliphatic rings. The number of urea groups is 1. The molecule has 144 valence electrons. The van der Waals surface area contributed by atoms with Crippen LogP contribution in [0.25, 0.3) is 0 Å². The van der Waals surface area contributed by atoms with Crippen LogP contribution < -0.4 is 10.2 Å². The molecule has 0 spiro atoms. The van der Waals surface area contributed by atoms with Crippen LogP contribution >= 0.6 is 0 Å². The molecule has 1 fully saturated rings. The second-order valence-corrected chi connectivity index (χ2v) is 7.38. The van der Waals surface area contributed by atoms with E-state index in [0.717, 1.165) is 60.2 Å². The number of hydrogen-bond donors (Lipinski definition) is 1. The molecule has 0 atom stereocenters. The lowest BCUT2D eigenvalue weighted by molar-refractivity contribution is 0.215. The van der Waals surface area contributed by atoms with E-state index in [2.05, 4.69) is 40.1 Å². The van der Waals surface area contributed by atoms with E-state index in [1.807, 2.05) is 37.8 Å². The molecule has 6 nitrogen and oxygen atoms in total. The van der Waals surface area contributed by atoms with Crippen molar-refractivity contribution in [1.82, 2.24) is 14.9 Å². The predicted octanol–water partition coefficient (Wildman–Crippen LogP) is 3.76. The molecule has 6 heteroatoms. The molecular weight excluding hydrogens is 338 g/mol. The van der Waals surface area contributed by atoms with E-state index >= 15 is 0 Å². The Morgan fingerprint density at radius 1 is 1.00 bits per heavy atom. The van der Waals surface area contributed by atoms with Crippen LogP contribution in [0.4, 0.5) is 16.3 Å². The van der Waals surface area contributed by atoms with Crippen molar-refractivity contribution in [1.29, 1.82) is 0 Å². The first-order valence-electron chi connectivity index (χ1n) is 9.55. The highest BCUT2D eigenvalue weighted by molar-refractivity contribution is 5.90. The molecule has 0 unspecified atom stereocenters. The summed E-state index contributed by atoms with van der Waals surface area (Å²) in [5.41, 5.74) is 5.30. The first kappa shape index (κ1) is 19.1. The zero-order valence-electron chi connectivity index (χ0n) is 17.0. The molecule has 2 amide bonds. The van der Waals surface area contributed by atoms with E-state index in [9.17, 15) is 4.79 Å². The second-order valence-electron chi connectivity index (χ2n) is 7.38. The number of rotatable bonds is 2. The van der Waals surface area contributed by atoms with Gasteiger partial charge in [0.2, 0.25) is 0 Å². The van der Waals surface area contributed by atoms with Gasteiger partial charge in [-0.1, -0.05) is 17.7 Å². The lowest BCUT2D eigenvalue weighted by atomic mass is 10.1. The summed E-state index contributed by atoms with van der Waals surface area (Å²) in [4.78, 5) is 26.0. The van der Waals surface area contributed by atoms with Crippen molar-refractivity contribution < 1.29 is 4.79 Å². The first-order chi connectivity index (χ1) is 12.8. The van der Waals surface area contributed by atoms with Crippen LogP contribution in [0.3, 0.4) is 0 Å². The average Bonchev–Trinajstić information content (AvgIpc) is 2.86. The summed E-state index contributed by atoms with van der Waals surface area (Å²) in [7, 11) is 0. The number of carbonyl (C=O) groups excluding carboxylic acids is 1. The molecule has 2 aromatic rings. The van der Waals surface area contributed by atoms with Gasteiger partial charge in [0, 0.05) is 43.1 Å². The summed E-state index contributed by atoms with van der Waals surface area (Å²) in [6.45, 7) is 13.2. The number of amides is 2. The van der Waals surface area contributed by atoms with Gasteiger partial charge in [0.05, 0.1) is 0 Å². The second kappa shape index (κ2) is 7.94. The maximum atomic E-state index is 12.7. The maximum absolute atomic E-state index is 12.7. The van der Waals surface area contributed by atoms with Gasteiger partial charge >= 0.3 is 6.03 Å². The topological polar surface area (TPSA) is 61.4 Å². The zero-order chi connectivity index (χ0) is 19.6. The van der Waals surface area contributed by atoms with Crippen molar-refractivity contribution >= 4 is 17.5 Å². The van der Waals surface area contributed by atoms with Crippen LogP contribution in [-0.2, 0) is 0 Å². The van der Waals surface area contributed by atoms with Crippen LogP contribution in [0.5, 0.6) is 0 Å². The Balaban J connectivity index is 1.68. The molecule has 0 bridgehead atoms. The summed E-state index contributed by atoms with van der Waals surface area (Å²) in [6.07, 6.45) is 0.918. The van der Waals surface area contributed by atoms with Gasteiger partial charge in [-0.05, 0) is 52.7 Å². The van der Waals surface area contributed by atoms with Crippen LogP contribution in [0.15, 0.2) is 18.2 Å². The molecule has 1 aliphatic heterocycles. The molecule has 1 N–H and O–H groups in total. The highest BCUT2D eigenvalue weighted by atomic mass is 16.2. The third-order valence-electron chi connectivity index (χ3n) is 5.18. The predicted molar refractivity (Wildman–Crippen MR) is 110 cm³/mol. The summed E-state index contributed by atoms with van der Waals surface area (Å²) >= 11 is 0. The molecule has 0 radical (unpaired) electrons. The van der Waals surface area contributed by atoms with Gasteiger partial charge in [0.25, 0.3) is 0 Å². The van der Waals surface area contributed by atoms with Crippen LogP contribution in [0.1, 0.15) is 34.6 Å². The summed E-state index contributed by atoms with van der Waals surface area (Å²) in [5.74, 6) is 1.79. The van der Waals surface area contributed by atoms with Gasteiger partial charge < -0.3 is 15.1 Å². The van der Waals surface area contributed by atoms with E-state index in [4.69, 9.17) is 0 Å². The molecule has 0 saturated carbocycles. The van der Waals surface area contributed by atoms with Crippen molar-refractivity contribution in [3.63, 3.8) is 0 Å². The number of carbonyl (C=O) groups is 1. The van der Waals surface area contributed by atoms with E-state index in [1.54, 1.807) is 0 Å². The Bertz CT molecular complexity index is 849. The number of aromatic nitrogens is 2. The lowest BCUT2D eigenvalue weighted by Crippen LogP contribution is -2.38. The molecular formula is C21H29N5O. The fourth-order valence-electron chi connectivity index (χ4n) is 3.54. The Labute approximate surface area is 161 Å². The molecule has 1 aromatic heterocycles. The van der Waals surface area contributed by atoms with Crippen molar-refractivity contribution in [2.24, 2.45) is 0 Å². The summed E-state index contributed by atoms with van der Waals surface area (Å²) < 4.78 is 0. The molecule has 0 aliphatic carbocycles. The van der Waals surface area contributed by atoms with Crippen LogP contribution in [0.2, 0.25) is 0 Å². The van der Waals surface area contributed by atoms with Gasteiger partial charge in [-0.25, -0.2) is 14.8 Å². The van der Waals surface area contributed by atoms with Crippen molar-refractivity contribution in [2.75, 3.05) is 36.4 Å². The highest BCUT2D eigenvalue weighted by Crippen LogP contribution is 2.22. The quantitative estimate of drug-likeness (QED) is 0.878. The van der Waals surface area contributed by atoms with Crippen molar-refractivity contribution in [3.05, 3.63) is 46.4 Å². The SMILES string of the molecule is Cc1ccc(NC(=O)N2CCCN(c3nc(C)nc(C)c3C)CC2)c(C)c1. The minimum absolute atomic E-state index is 0.0319. The summed E-state index contributed by atoms with van der Waals surface area (Å²) in [6, 6.07) is 6.05. The Morgan fingerprint density at radius 2 is 1.78 bits per heavy atom. The Hall–Kier alpha value is -2.63. The standard InChI is InChI=1S/C21H29N5O/c1-14-7-8-19(15(2)13-14)24-21(27)26-10-6-9-25(11-12-26)20-16(3)17(4)22-18(5)23-20/h7-8,13H,6,9-12H2,1-5H3,(H,24,27). The maximum Gasteiger partial charge on any atom is 0.321 e. The van der Waals surface area contributed by atoms with Crippen molar-refractivity contribution in [3.8, 4) is 0 Å². The minimum Gasteiger partial charge on any atom is -0.354 e.